The molecular formula is C20H22N4O. The lowest BCUT2D eigenvalue weighted by Gasteiger charge is -2.19. The van der Waals surface area contributed by atoms with E-state index in [0.717, 1.165) is 16.8 Å². The van der Waals surface area contributed by atoms with Gasteiger partial charge in [0.1, 0.15) is 0 Å². The van der Waals surface area contributed by atoms with Crippen LogP contribution >= 0.6 is 0 Å². The highest BCUT2D eigenvalue weighted by Crippen LogP contribution is 2.22. The van der Waals surface area contributed by atoms with Gasteiger partial charge in [-0.2, -0.15) is 0 Å². The number of aromatic nitrogens is 3. The Morgan fingerprint density at radius 1 is 1.08 bits per heavy atom. The maximum atomic E-state index is 12.7. The quantitative estimate of drug-likeness (QED) is 0.730. The molecule has 0 fully saturated rings. The van der Waals surface area contributed by atoms with Crippen molar-refractivity contribution in [3.05, 3.63) is 66.0 Å². The van der Waals surface area contributed by atoms with Gasteiger partial charge < -0.3 is 4.90 Å². The Labute approximate surface area is 147 Å². The monoisotopic (exact) mass is 334 g/mol. The molecule has 5 heteroatoms. The molecule has 0 aliphatic carbocycles. The molecule has 0 saturated carbocycles. The van der Waals surface area contributed by atoms with Crippen molar-refractivity contribution in [1.29, 1.82) is 0 Å². The minimum absolute atomic E-state index is 0.0820. The van der Waals surface area contributed by atoms with Gasteiger partial charge >= 0.3 is 0 Å². The van der Waals surface area contributed by atoms with Gasteiger partial charge in [0.05, 0.1) is 5.69 Å². The van der Waals surface area contributed by atoms with Crippen LogP contribution in [0.3, 0.4) is 0 Å². The predicted octanol–water partition coefficient (Wildman–Crippen LogP) is 3.72. The van der Waals surface area contributed by atoms with Crippen molar-refractivity contribution in [2.75, 3.05) is 7.05 Å². The van der Waals surface area contributed by atoms with E-state index in [1.165, 1.54) is 0 Å². The lowest BCUT2D eigenvalue weighted by atomic mass is 10.2. The molecule has 0 atom stereocenters. The van der Waals surface area contributed by atoms with Crippen molar-refractivity contribution >= 4 is 5.91 Å². The van der Waals surface area contributed by atoms with Crippen LogP contribution in [-0.4, -0.2) is 38.7 Å². The van der Waals surface area contributed by atoms with Gasteiger partial charge in [0.25, 0.3) is 5.91 Å². The molecule has 1 aromatic heterocycles. The topological polar surface area (TPSA) is 51.0 Å². The van der Waals surface area contributed by atoms with E-state index < -0.39 is 0 Å². The molecule has 0 aliphatic rings. The van der Waals surface area contributed by atoms with Crippen molar-refractivity contribution in [2.45, 2.75) is 26.8 Å². The number of nitrogens with zero attached hydrogens (tertiary/aromatic N) is 4. The normalized spacial score (nSPS) is 10.9. The fraction of sp³-hybridized carbons (Fsp3) is 0.250. The van der Waals surface area contributed by atoms with Crippen LogP contribution in [0.25, 0.3) is 17.1 Å². The summed E-state index contributed by atoms with van der Waals surface area (Å²) < 4.78 is 1.74. The van der Waals surface area contributed by atoms with Crippen LogP contribution in [0.15, 0.2) is 54.6 Å². The summed E-state index contributed by atoms with van der Waals surface area (Å²) in [6.07, 6.45) is 0. The zero-order chi connectivity index (χ0) is 18.0. The van der Waals surface area contributed by atoms with Gasteiger partial charge in [-0.15, -0.1) is 5.10 Å². The summed E-state index contributed by atoms with van der Waals surface area (Å²) in [5.41, 5.74) is 2.93. The van der Waals surface area contributed by atoms with Crippen molar-refractivity contribution in [3.63, 3.8) is 0 Å². The second-order valence-corrected chi connectivity index (χ2v) is 6.39. The van der Waals surface area contributed by atoms with E-state index >= 15 is 0 Å². The molecule has 0 unspecified atom stereocenters. The summed E-state index contributed by atoms with van der Waals surface area (Å²) in [6.45, 7) is 5.96. The summed E-state index contributed by atoms with van der Waals surface area (Å²) >= 11 is 0. The van der Waals surface area contributed by atoms with E-state index in [4.69, 9.17) is 0 Å². The van der Waals surface area contributed by atoms with E-state index in [1.807, 2.05) is 75.4 Å². The van der Waals surface area contributed by atoms with Crippen LogP contribution in [-0.2, 0) is 0 Å². The Bertz CT molecular complexity index is 884. The second kappa shape index (κ2) is 6.89. The molecular weight excluding hydrogens is 312 g/mol. The largest absolute Gasteiger partial charge is 0.337 e. The first kappa shape index (κ1) is 16.9. The summed E-state index contributed by atoms with van der Waals surface area (Å²) in [7, 11) is 1.77. The number of benzene rings is 2. The first-order valence-electron chi connectivity index (χ1n) is 8.34. The fourth-order valence-electron chi connectivity index (χ4n) is 2.51. The number of carbonyl (C=O) groups is 1. The Kier molecular flexibility index (Phi) is 4.65. The number of aryl methyl sites for hydroxylation is 1. The zero-order valence-electron chi connectivity index (χ0n) is 15.0. The SMILES string of the molecule is Cc1cccc(-n2nc(C(=O)N(C)C(C)C)nc2-c2ccccc2)c1. The van der Waals surface area contributed by atoms with Gasteiger partial charge in [-0.25, -0.2) is 9.67 Å². The lowest BCUT2D eigenvalue weighted by molar-refractivity contribution is 0.0742. The van der Waals surface area contributed by atoms with Crippen LogP contribution in [0, 0.1) is 6.92 Å². The van der Waals surface area contributed by atoms with Gasteiger partial charge in [0, 0.05) is 18.7 Å². The summed E-state index contributed by atoms with van der Waals surface area (Å²) in [5.74, 6) is 0.682. The molecule has 0 bridgehead atoms. The maximum absolute atomic E-state index is 12.7. The third kappa shape index (κ3) is 3.45. The third-order valence-electron chi connectivity index (χ3n) is 4.17. The van der Waals surface area contributed by atoms with E-state index in [1.54, 1.807) is 16.6 Å². The smallest absolute Gasteiger partial charge is 0.293 e. The van der Waals surface area contributed by atoms with E-state index in [9.17, 15) is 4.79 Å². The molecule has 0 spiro atoms. The zero-order valence-corrected chi connectivity index (χ0v) is 15.0. The molecule has 25 heavy (non-hydrogen) atoms. The van der Waals surface area contributed by atoms with Crippen LogP contribution in [0.4, 0.5) is 0 Å². The van der Waals surface area contributed by atoms with Crippen molar-refractivity contribution < 1.29 is 4.79 Å². The third-order valence-corrected chi connectivity index (χ3v) is 4.17. The summed E-state index contributed by atoms with van der Waals surface area (Å²) in [6, 6.07) is 17.9. The molecule has 5 nitrogen and oxygen atoms in total. The van der Waals surface area contributed by atoms with Crippen LogP contribution in [0.2, 0.25) is 0 Å². The van der Waals surface area contributed by atoms with Gasteiger partial charge in [0.2, 0.25) is 5.82 Å². The first-order chi connectivity index (χ1) is 12.0. The van der Waals surface area contributed by atoms with E-state index in [-0.39, 0.29) is 17.8 Å². The molecule has 1 heterocycles. The highest BCUT2D eigenvalue weighted by atomic mass is 16.2. The highest BCUT2D eigenvalue weighted by molar-refractivity contribution is 5.91. The number of amides is 1. The molecule has 2 aromatic carbocycles. The van der Waals surface area contributed by atoms with Crippen LogP contribution in [0.1, 0.15) is 30.0 Å². The minimum atomic E-state index is -0.182. The van der Waals surface area contributed by atoms with Gasteiger partial charge in [0.15, 0.2) is 5.82 Å². The maximum Gasteiger partial charge on any atom is 0.293 e. The predicted molar refractivity (Wildman–Crippen MR) is 98.8 cm³/mol. The van der Waals surface area contributed by atoms with Gasteiger partial charge in [-0.3, -0.25) is 4.79 Å². The Balaban J connectivity index is 2.14. The van der Waals surface area contributed by atoms with E-state index in [2.05, 4.69) is 10.1 Å². The molecule has 0 saturated heterocycles. The van der Waals surface area contributed by atoms with Crippen LogP contribution < -0.4 is 0 Å². The standard InChI is InChI=1S/C20H22N4O/c1-14(2)23(4)20(25)18-21-19(16-10-6-5-7-11-16)24(22-18)17-12-8-9-15(3)13-17/h5-14H,1-4H3. The van der Waals surface area contributed by atoms with Gasteiger partial charge in [-0.1, -0.05) is 42.5 Å². The molecule has 0 radical (unpaired) electrons. The average molecular weight is 334 g/mol. The number of rotatable bonds is 4. The minimum Gasteiger partial charge on any atom is -0.337 e. The number of hydrogen-bond acceptors (Lipinski definition) is 3. The lowest BCUT2D eigenvalue weighted by Crippen LogP contribution is -2.33. The number of carbonyl (C=O) groups excluding carboxylic acids is 1. The first-order valence-corrected chi connectivity index (χ1v) is 8.34. The molecule has 0 N–H and O–H groups in total. The molecule has 128 valence electrons. The molecule has 3 rings (SSSR count). The highest BCUT2D eigenvalue weighted by Gasteiger charge is 2.22. The van der Waals surface area contributed by atoms with Crippen molar-refractivity contribution in [3.8, 4) is 17.1 Å². The van der Waals surface area contributed by atoms with Gasteiger partial charge in [-0.05, 0) is 38.5 Å². The summed E-state index contributed by atoms with van der Waals surface area (Å²) in [4.78, 5) is 18.9. The second-order valence-electron chi connectivity index (χ2n) is 6.39. The Morgan fingerprint density at radius 3 is 2.44 bits per heavy atom. The average Bonchev–Trinajstić information content (AvgIpc) is 3.06. The molecule has 0 aliphatic heterocycles. The molecule has 1 amide bonds. The Morgan fingerprint density at radius 2 is 1.80 bits per heavy atom. The summed E-state index contributed by atoms with van der Waals surface area (Å²) in [5, 5.41) is 4.52. The fourth-order valence-corrected chi connectivity index (χ4v) is 2.51. The van der Waals surface area contributed by atoms with Crippen LogP contribution in [0.5, 0.6) is 0 Å². The number of hydrogen-bond donors (Lipinski definition) is 0. The van der Waals surface area contributed by atoms with Crippen molar-refractivity contribution in [2.24, 2.45) is 0 Å². The molecule has 3 aromatic rings. The van der Waals surface area contributed by atoms with Crippen molar-refractivity contribution in [1.82, 2.24) is 19.7 Å². The van der Waals surface area contributed by atoms with E-state index in [0.29, 0.717) is 5.82 Å². The Hall–Kier alpha value is -2.95.